The van der Waals surface area contributed by atoms with Crippen molar-refractivity contribution in [1.82, 2.24) is 4.90 Å². The van der Waals surface area contributed by atoms with E-state index in [2.05, 4.69) is 24.3 Å². The molecule has 1 saturated heterocycles. The number of carbonyl (C=O) groups is 2. The Hall–Kier alpha value is -4.87. The highest BCUT2D eigenvalue weighted by Crippen LogP contribution is 2.46. The van der Waals surface area contributed by atoms with Gasteiger partial charge in [0.25, 0.3) is 0 Å². The fraction of sp³-hybridized carbons (Fsp3) is 0.220. The Kier molecular flexibility index (Phi) is 8.57. The van der Waals surface area contributed by atoms with Crippen molar-refractivity contribution in [1.29, 1.82) is 0 Å². The minimum Gasteiger partial charge on any atom is -0.448 e. The number of carbonyl (C=O) groups excluding carboxylic acids is 2. The Morgan fingerprint density at radius 3 is 2.02 bits per heavy atom. The lowest BCUT2D eigenvalue weighted by Gasteiger charge is -2.39. The molecule has 1 heterocycles. The van der Waals surface area contributed by atoms with E-state index in [0.717, 1.165) is 51.8 Å². The van der Waals surface area contributed by atoms with Gasteiger partial charge in [0.2, 0.25) is 0 Å². The molecule has 5 aromatic carbocycles. The number of esters is 1. The van der Waals surface area contributed by atoms with E-state index in [1.54, 1.807) is 11.0 Å². The van der Waals surface area contributed by atoms with Gasteiger partial charge >= 0.3 is 12.1 Å². The summed E-state index contributed by atoms with van der Waals surface area (Å²) in [5.74, 6) is -0.573. The van der Waals surface area contributed by atoms with Crippen LogP contribution in [-0.4, -0.2) is 36.2 Å². The molecule has 5 aromatic rings. The van der Waals surface area contributed by atoms with E-state index in [4.69, 9.17) is 21.1 Å². The number of rotatable bonds is 7. The molecular weight excluding hydrogens is 606 g/mol. The van der Waals surface area contributed by atoms with E-state index in [1.165, 1.54) is 0 Å². The molecular formula is C41H36ClNO4. The predicted molar refractivity (Wildman–Crippen MR) is 184 cm³/mol. The van der Waals surface area contributed by atoms with Crippen LogP contribution >= 0.6 is 11.6 Å². The lowest BCUT2D eigenvalue weighted by molar-refractivity contribution is -0.160. The zero-order chi connectivity index (χ0) is 32.4. The topological polar surface area (TPSA) is 55.8 Å². The summed E-state index contributed by atoms with van der Waals surface area (Å²) >= 11 is 6.89. The van der Waals surface area contributed by atoms with Crippen LogP contribution in [0.25, 0.3) is 11.1 Å². The first-order chi connectivity index (χ1) is 23.0. The fourth-order valence-electron chi connectivity index (χ4n) is 7.15. The van der Waals surface area contributed by atoms with Crippen molar-refractivity contribution in [3.63, 3.8) is 0 Å². The average molecular weight is 642 g/mol. The maximum atomic E-state index is 14.5. The SMILES string of the molecule is Cc1ccc(C(OC(=O)C2CCCCN2C(=O)OCC2c3ccccc3-c3ccccc32)(c2ccccc2)c2ccccc2Cl)cc1. The minimum absolute atomic E-state index is 0.0750. The molecule has 0 radical (unpaired) electrons. The maximum Gasteiger partial charge on any atom is 0.410 e. The van der Waals surface area contributed by atoms with Gasteiger partial charge in [-0.15, -0.1) is 0 Å². The number of aryl methyl sites for hydroxylation is 1. The summed E-state index contributed by atoms with van der Waals surface area (Å²) in [4.78, 5) is 29.9. The van der Waals surface area contributed by atoms with Crippen molar-refractivity contribution in [3.8, 4) is 11.1 Å². The second kappa shape index (κ2) is 13.1. The van der Waals surface area contributed by atoms with Crippen LogP contribution in [0.3, 0.4) is 0 Å². The van der Waals surface area contributed by atoms with E-state index in [-0.39, 0.29) is 12.5 Å². The van der Waals surface area contributed by atoms with E-state index in [0.29, 0.717) is 23.6 Å². The van der Waals surface area contributed by atoms with Crippen molar-refractivity contribution in [2.24, 2.45) is 0 Å². The quantitative estimate of drug-likeness (QED) is 0.131. The first-order valence-corrected chi connectivity index (χ1v) is 16.6. The van der Waals surface area contributed by atoms with E-state index >= 15 is 0 Å². The molecule has 6 heteroatoms. The van der Waals surface area contributed by atoms with Crippen LogP contribution in [-0.2, 0) is 19.9 Å². The molecule has 0 spiro atoms. The largest absolute Gasteiger partial charge is 0.448 e. The van der Waals surface area contributed by atoms with Crippen LogP contribution < -0.4 is 0 Å². The minimum atomic E-state index is -1.35. The lowest BCUT2D eigenvalue weighted by Crippen LogP contribution is -2.51. The van der Waals surface area contributed by atoms with Gasteiger partial charge in [0.05, 0.1) is 0 Å². The van der Waals surface area contributed by atoms with Gasteiger partial charge in [-0.2, -0.15) is 0 Å². The Morgan fingerprint density at radius 2 is 1.34 bits per heavy atom. The van der Waals surface area contributed by atoms with E-state index in [9.17, 15) is 9.59 Å². The second-order valence-corrected chi connectivity index (χ2v) is 12.7. The Labute approximate surface area is 280 Å². The van der Waals surface area contributed by atoms with Gasteiger partial charge in [-0.3, -0.25) is 4.90 Å². The molecule has 1 amide bonds. The molecule has 2 aliphatic rings. The number of piperidine rings is 1. The van der Waals surface area contributed by atoms with Gasteiger partial charge in [-0.1, -0.05) is 138 Å². The summed E-state index contributed by atoms with van der Waals surface area (Å²) in [6.45, 7) is 2.61. The zero-order valence-corrected chi connectivity index (χ0v) is 27.0. The highest BCUT2D eigenvalue weighted by molar-refractivity contribution is 6.31. The van der Waals surface area contributed by atoms with Gasteiger partial charge in [0, 0.05) is 34.2 Å². The third kappa shape index (κ3) is 5.70. The summed E-state index contributed by atoms with van der Waals surface area (Å²) in [5.41, 5.74) is 6.50. The number of ether oxygens (including phenoxy) is 2. The van der Waals surface area contributed by atoms with E-state index < -0.39 is 23.7 Å². The summed E-state index contributed by atoms with van der Waals surface area (Å²) in [6.07, 6.45) is 1.54. The molecule has 0 saturated carbocycles. The third-order valence-electron chi connectivity index (χ3n) is 9.49. The molecule has 1 aliphatic heterocycles. The number of benzene rings is 5. The van der Waals surface area contributed by atoms with Crippen LogP contribution in [0.15, 0.2) is 127 Å². The number of nitrogens with zero attached hydrogens (tertiary/aromatic N) is 1. The van der Waals surface area contributed by atoms with E-state index in [1.807, 2.05) is 104 Å². The third-order valence-corrected chi connectivity index (χ3v) is 9.82. The lowest BCUT2D eigenvalue weighted by atomic mass is 9.79. The number of halogens is 1. The number of hydrogen-bond donors (Lipinski definition) is 0. The van der Waals surface area contributed by atoms with Crippen LogP contribution in [0.1, 0.15) is 58.6 Å². The number of hydrogen-bond acceptors (Lipinski definition) is 4. The first kappa shape index (κ1) is 30.8. The fourth-order valence-corrected chi connectivity index (χ4v) is 7.42. The van der Waals surface area contributed by atoms with Crippen molar-refractivity contribution >= 4 is 23.7 Å². The molecule has 5 nitrogen and oxygen atoms in total. The molecule has 47 heavy (non-hydrogen) atoms. The number of likely N-dealkylation sites (tertiary alicyclic amines) is 1. The Bertz CT molecular complexity index is 1860. The number of fused-ring (bicyclic) bond motifs is 3. The van der Waals surface area contributed by atoms with Crippen LogP contribution in [0.5, 0.6) is 0 Å². The van der Waals surface area contributed by atoms with Gasteiger partial charge in [0.1, 0.15) is 12.6 Å². The number of amides is 1. The molecule has 0 aromatic heterocycles. The molecule has 0 N–H and O–H groups in total. The molecule has 2 unspecified atom stereocenters. The van der Waals surface area contributed by atoms with Crippen molar-refractivity contribution in [2.45, 2.75) is 43.7 Å². The molecule has 236 valence electrons. The second-order valence-electron chi connectivity index (χ2n) is 12.3. The van der Waals surface area contributed by atoms with Gasteiger partial charge in [0.15, 0.2) is 5.60 Å². The standard InChI is InChI=1S/C41H36ClNO4/c1-28-22-24-30(25-23-28)41(29-13-3-2-4-14-29,36-19-9-10-20-37(36)42)47-39(44)38-21-11-12-26-43(38)40(45)46-27-35-33-17-7-5-15-31(33)32-16-6-8-18-34(32)35/h2-10,13-20,22-25,35,38H,11-12,21,26-27H2,1H3. The predicted octanol–water partition coefficient (Wildman–Crippen LogP) is 9.29. The molecule has 7 rings (SSSR count). The molecule has 2 atom stereocenters. The van der Waals surface area contributed by atoms with Crippen LogP contribution in [0.4, 0.5) is 4.79 Å². The van der Waals surface area contributed by atoms with Gasteiger partial charge in [-0.05, 0) is 54.5 Å². The zero-order valence-electron chi connectivity index (χ0n) is 26.3. The molecule has 1 aliphatic carbocycles. The summed E-state index contributed by atoms with van der Waals surface area (Å²) in [6, 6.07) is 40.8. The molecule has 1 fully saturated rings. The van der Waals surface area contributed by atoms with Crippen molar-refractivity contribution in [2.75, 3.05) is 13.2 Å². The van der Waals surface area contributed by atoms with Crippen LogP contribution in [0.2, 0.25) is 5.02 Å². The Balaban J connectivity index is 1.20. The van der Waals surface area contributed by atoms with Crippen LogP contribution in [0, 0.1) is 6.92 Å². The summed E-state index contributed by atoms with van der Waals surface area (Å²) in [5, 5.41) is 0.474. The normalized spacial score (nSPS) is 16.9. The Morgan fingerprint density at radius 1 is 0.745 bits per heavy atom. The highest BCUT2D eigenvalue weighted by Gasteiger charge is 2.45. The van der Waals surface area contributed by atoms with Crippen molar-refractivity contribution < 1.29 is 19.1 Å². The van der Waals surface area contributed by atoms with Gasteiger partial charge < -0.3 is 9.47 Å². The average Bonchev–Trinajstić information content (AvgIpc) is 3.44. The summed E-state index contributed by atoms with van der Waals surface area (Å²) < 4.78 is 12.8. The maximum absolute atomic E-state index is 14.5. The van der Waals surface area contributed by atoms with Gasteiger partial charge in [-0.25, -0.2) is 9.59 Å². The summed E-state index contributed by atoms with van der Waals surface area (Å²) in [7, 11) is 0. The smallest absolute Gasteiger partial charge is 0.410 e. The highest BCUT2D eigenvalue weighted by atomic mass is 35.5. The molecule has 0 bridgehead atoms. The monoisotopic (exact) mass is 641 g/mol. The van der Waals surface area contributed by atoms with Crippen molar-refractivity contribution in [3.05, 3.63) is 166 Å². The first-order valence-electron chi connectivity index (χ1n) is 16.2.